The molecule has 0 aliphatic heterocycles. The second-order valence-electron chi connectivity index (χ2n) is 6.00. The summed E-state index contributed by atoms with van der Waals surface area (Å²) in [6, 6.07) is 8.19. The lowest BCUT2D eigenvalue weighted by molar-refractivity contribution is 0.296. The van der Waals surface area contributed by atoms with Gasteiger partial charge in [0, 0.05) is 24.0 Å². The van der Waals surface area contributed by atoms with Gasteiger partial charge in [-0.15, -0.1) is 35.3 Å². The van der Waals surface area contributed by atoms with Crippen molar-refractivity contribution in [3.63, 3.8) is 0 Å². The largest absolute Gasteiger partial charge is 0.493 e. The van der Waals surface area contributed by atoms with Gasteiger partial charge in [-0.05, 0) is 31.7 Å². The lowest BCUT2D eigenvalue weighted by Gasteiger charge is -2.14. The van der Waals surface area contributed by atoms with Gasteiger partial charge in [0.2, 0.25) is 0 Å². The SMILES string of the molecule is CN=C(NCc1ccccc1OCC1CC1)NCc1scnc1C.I. The molecule has 1 fully saturated rings. The molecule has 1 heterocycles. The van der Waals surface area contributed by atoms with Crippen LogP contribution in [0.15, 0.2) is 34.8 Å². The van der Waals surface area contributed by atoms with Crippen LogP contribution in [-0.4, -0.2) is 24.6 Å². The van der Waals surface area contributed by atoms with Gasteiger partial charge < -0.3 is 15.4 Å². The fraction of sp³-hybridized carbons (Fsp3) is 0.444. The van der Waals surface area contributed by atoms with E-state index in [-0.39, 0.29) is 24.0 Å². The van der Waals surface area contributed by atoms with Crippen molar-refractivity contribution in [1.82, 2.24) is 15.6 Å². The van der Waals surface area contributed by atoms with Gasteiger partial charge in [0.05, 0.1) is 24.4 Å². The lowest BCUT2D eigenvalue weighted by atomic mass is 10.2. The van der Waals surface area contributed by atoms with Gasteiger partial charge in [0.25, 0.3) is 0 Å². The highest BCUT2D eigenvalue weighted by Crippen LogP contribution is 2.30. The van der Waals surface area contributed by atoms with Crippen LogP contribution in [0.4, 0.5) is 0 Å². The number of rotatable bonds is 7. The van der Waals surface area contributed by atoms with Crippen LogP contribution in [-0.2, 0) is 13.1 Å². The average Bonchev–Trinajstić information content (AvgIpc) is 3.35. The molecule has 3 rings (SSSR count). The zero-order valence-corrected chi connectivity index (χ0v) is 17.8. The van der Waals surface area contributed by atoms with E-state index in [0.717, 1.165) is 42.0 Å². The molecule has 136 valence electrons. The van der Waals surface area contributed by atoms with Gasteiger partial charge in [0.15, 0.2) is 5.96 Å². The van der Waals surface area contributed by atoms with E-state index in [1.807, 2.05) is 30.6 Å². The Morgan fingerprint density at radius 3 is 2.72 bits per heavy atom. The second-order valence-corrected chi connectivity index (χ2v) is 6.94. The summed E-state index contributed by atoms with van der Waals surface area (Å²) in [6.45, 7) is 4.27. The highest BCUT2D eigenvalue weighted by molar-refractivity contribution is 14.0. The Hall–Kier alpha value is -1.35. The maximum Gasteiger partial charge on any atom is 0.191 e. The molecule has 7 heteroatoms. The number of hydrogen-bond acceptors (Lipinski definition) is 4. The van der Waals surface area contributed by atoms with Crippen molar-refractivity contribution in [2.45, 2.75) is 32.9 Å². The number of para-hydroxylation sites is 1. The monoisotopic (exact) mass is 472 g/mol. The molecule has 1 aliphatic carbocycles. The molecule has 0 amide bonds. The summed E-state index contributed by atoms with van der Waals surface area (Å²) >= 11 is 1.66. The third-order valence-electron chi connectivity index (χ3n) is 4.08. The van der Waals surface area contributed by atoms with E-state index >= 15 is 0 Å². The Morgan fingerprint density at radius 1 is 1.28 bits per heavy atom. The van der Waals surface area contributed by atoms with Gasteiger partial charge in [-0.2, -0.15) is 0 Å². The lowest BCUT2D eigenvalue weighted by Crippen LogP contribution is -2.36. The number of nitrogens with zero attached hydrogens (tertiary/aromatic N) is 2. The topological polar surface area (TPSA) is 58.5 Å². The minimum atomic E-state index is 0. The van der Waals surface area contributed by atoms with E-state index in [1.54, 1.807) is 18.4 Å². The Kier molecular flexibility index (Phi) is 7.95. The van der Waals surface area contributed by atoms with E-state index in [0.29, 0.717) is 6.54 Å². The number of aromatic nitrogens is 1. The third kappa shape index (κ3) is 6.14. The molecule has 1 saturated carbocycles. The molecule has 1 aliphatic rings. The van der Waals surface area contributed by atoms with Crippen molar-refractivity contribution in [1.29, 1.82) is 0 Å². The molecule has 1 aromatic carbocycles. The molecule has 2 N–H and O–H groups in total. The van der Waals surface area contributed by atoms with Crippen LogP contribution in [0.2, 0.25) is 0 Å². The van der Waals surface area contributed by atoms with E-state index < -0.39 is 0 Å². The first kappa shape index (κ1) is 20.0. The van der Waals surface area contributed by atoms with Crippen molar-refractivity contribution < 1.29 is 4.74 Å². The number of aliphatic imine (C=N–C) groups is 1. The number of aryl methyl sites for hydroxylation is 1. The minimum Gasteiger partial charge on any atom is -0.493 e. The van der Waals surface area contributed by atoms with E-state index in [9.17, 15) is 0 Å². The van der Waals surface area contributed by atoms with Crippen molar-refractivity contribution in [2.24, 2.45) is 10.9 Å². The number of ether oxygens (including phenoxy) is 1. The fourth-order valence-corrected chi connectivity index (χ4v) is 3.06. The Balaban J connectivity index is 0.00000225. The maximum absolute atomic E-state index is 5.95. The average molecular weight is 472 g/mol. The molecule has 5 nitrogen and oxygen atoms in total. The van der Waals surface area contributed by atoms with Gasteiger partial charge in [-0.1, -0.05) is 18.2 Å². The predicted molar refractivity (Wildman–Crippen MR) is 114 cm³/mol. The normalized spacial score (nSPS) is 13.9. The number of guanidine groups is 1. The van der Waals surface area contributed by atoms with Crippen LogP contribution >= 0.6 is 35.3 Å². The van der Waals surface area contributed by atoms with E-state index in [1.165, 1.54) is 17.7 Å². The summed E-state index contributed by atoms with van der Waals surface area (Å²) < 4.78 is 5.95. The molecule has 25 heavy (non-hydrogen) atoms. The number of halogens is 1. The van der Waals surface area contributed by atoms with Crippen molar-refractivity contribution >= 4 is 41.3 Å². The standard InChI is InChI=1S/C18H24N4OS.HI/c1-13-17(24-12-22-13)10-21-18(19-2)20-9-15-5-3-4-6-16(15)23-11-14-7-8-14;/h3-6,12,14H,7-11H2,1-2H3,(H2,19,20,21);1H. The summed E-state index contributed by atoms with van der Waals surface area (Å²) in [6.07, 6.45) is 2.60. The van der Waals surface area contributed by atoms with Crippen molar-refractivity contribution in [3.05, 3.63) is 45.9 Å². The zero-order chi connectivity index (χ0) is 16.8. The molecule has 2 aromatic rings. The molecular formula is C18H25IN4OS. The van der Waals surface area contributed by atoms with Crippen LogP contribution in [0, 0.1) is 12.8 Å². The minimum absolute atomic E-state index is 0. The van der Waals surface area contributed by atoms with Crippen LogP contribution in [0.3, 0.4) is 0 Å². The third-order valence-corrected chi connectivity index (χ3v) is 5.01. The Bertz CT molecular complexity index is 700. The zero-order valence-electron chi connectivity index (χ0n) is 14.6. The first-order valence-corrected chi connectivity index (χ1v) is 9.18. The van der Waals surface area contributed by atoms with Crippen LogP contribution in [0.1, 0.15) is 29.0 Å². The molecular weight excluding hydrogens is 447 g/mol. The number of benzene rings is 1. The van der Waals surface area contributed by atoms with Crippen LogP contribution in [0.5, 0.6) is 5.75 Å². The summed E-state index contributed by atoms with van der Waals surface area (Å²) in [5.74, 6) is 2.49. The van der Waals surface area contributed by atoms with Crippen LogP contribution in [0.25, 0.3) is 0 Å². The van der Waals surface area contributed by atoms with Gasteiger partial charge >= 0.3 is 0 Å². The molecule has 0 unspecified atom stereocenters. The van der Waals surface area contributed by atoms with Gasteiger partial charge in [0.1, 0.15) is 5.75 Å². The fourth-order valence-electron chi connectivity index (χ4n) is 2.34. The van der Waals surface area contributed by atoms with Gasteiger partial charge in [-0.3, -0.25) is 4.99 Å². The second kappa shape index (κ2) is 9.96. The smallest absolute Gasteiger partial charge is 0.191 e. The quantitative estimate of drug-likeness (QED) is 0.367. The molecule has 0 bridgehead atoms. The Labute approximate surface area is 170 Å². The molecule has 0 radical (unpaired) electrons. The summed E-state index contributed by atoms with van der Waals surface area (Å²) in [5, 5.41) is 6.69. The molecule has 0 spiro atoms. The number of thiazole rings is 1. The van der Waals surface area contributed by atoms with Gasteiger partial charge in [-0.25, -0.2) is 4.98 Å². The summed E-state index contributed by atoms with van der Waals surface area (Å²) in [7, 11) is 1.78. The highest BCUT2D eigenvalue weighted by atomic mass is 127. The first-order valence-electron chi connectivity index (χ1n) is 8.30. The van der Waals surface area contributed by atoms with E-state index in [4.69, 9.17) is 4.74 Å². The first-order chi connectivity index (χ1) is 11.8. The van der Waals surface area contributed by atoms with Crippen LogP contribution < -0.4 is 15.4 Å². The predicted octanol–water partition coefficient (Wildman–Crippen LogP) is 3.72. The maximum atomic E-state index is 5.95. The molecule has 0 saturated heterocycles. The summed E-state index contributed by atoms with van der Waals surface area (Å²) in [4.78, 5) is 9.78. The van der Waals surface area contributed by atoms with E-state index in [2.05, 4.69) is 26.7 Å². The van der Waals surface area contributed by atoms with Crippen molar-refractivity contribution in [3.8, 4) is 5.75 Å². The highest BCUT2D eigenvalue weighted by Gasteiger charge is 2.22. The summed E-state index contributed by atoms with van der Waals surface area (Å²) in [5.41, 5.74) is 4.09. The number of hydrogen-bond donors (Lipinski definition) is 2. The number of nitrogens with one attached hydrogen (secondary N) is 2. The Morgan fingerprint density at radius 2 is 2.04 bits per heavy atom. The molecule has 1 aromatic heterocycles. The molecule has 0 atom stereocenters. The van der Waals surface area contributed by atoms with Crippen molar-refractivity contribution in [2.75, 3.05) is 13.7 Å².